The monoisotopic (exact) mass is 282 g/mol. The summed E-state index contributed by atoms with van der Waals surface area (Å²) in [5.74, 6) is -1.33. The van der Waals surface area contributed by atoms with Gasteiger partial charge in [-0.1, -0.05) is 6.07 Å². The van der Waals surface area contributed by atoms with E-state index in [0.717, 1.165) is 19.3 Å². The van der Waals surface area contributed by atoms with Crippen molar-refractivity contribution in [3.8, 4) is 0 Å². The molecule has 0 unspecified atom stereocenters. The van der Waals surface area contributed by atoms with Gasteiger partial charge in [0.15, 0.2) is 0 Å². The van der Waals surface area contributed by atoms with Crippen LogP contribution in [0.15, 0.2) is 36.7 Å². The van der Waals surface area contributed by atoms with Gasteiger partial charge in [0.1, 0.15) is 0 Å². The largest absolute Gasteiger partial charge is 0.478 e. The van der Waals surface area contributed by atoms with E-state index in [9.17, 15) is 9.59 Å². The van der Waals surface area contributed by atoms with Gasteiger partial charge < -0.3 is 10.4 Å². The lowest BCUT2D eigenvalue weighted by Gasteiger charge is -2.07. The van der Waals surface area contributed by atoms with Crippen LogP contribution in [0.2, 0.25) is 0 Å². The lowest BCUT2D eigenvalue weighted by atomic mass is 10.1. The number of pyridine rings is 1. The normalized spacial score (nSPS) is 12.8. The van der Waals surface area contributed by atoms with Crippen molar-refractivity contribution in [2.24, 2.45) is 0 Å². The second-order valence-electron chi connectivity index (χ2n) is 5.06. The Kier molecular flexibility index (Phi) is 3.39. The maximum Gasteiger partial charge on any atom is 0.337 e. The van der Waals surface area contributed by atoms with Gasteiger partial charge in [-0.25, -0.2) is 4.79 Å². The fraction of sp³-hybridized carbons (Fsp3) is 0.188. The SMILES string of the molecule is O=C(O)c1cncc(NC(=O)c2ccc3c(c2)CCC3)c1. The number of carboxylic acids is 1. The minimum Gasteiger partial charge on any atom is -0.478 e. The van der Waals surface area contributed by atoms with Gasteiger partial charge in [-0.3, -0.25) is 9.78 Å². The third-order valence-electron chi connectivity index (χ3n) is 3.60. The Labute approximate surface area is 121 Å². The minimum absolute atomic E-state index is 0.0433. The van der Waals surface area contributed by atoms with Crippen molar-refractivity contribution in [1.29, 1.82) is 0 Å². The van der Waals surface area contributed by atoms with Crippen molar-refractivity contribution < 1.29 is 14.7 Å². The number of carbonyl (C=O) groups excluding carboxylic acids is 1. The predicted molar refractivity (Wildman–Crippen MR) is 77.6 cm³/mol. The molecule has 0 bridgehead atoms. The molecule has 106 valence electrons. The van der Waals surface area contributed by atoms with Gasteiger partial charge in [-0.15, -0.1) is 0 Å². The van der Waals surface area contributed by atoms with E-state index in [-0.39, 0.29) is 11.5 Å². The second kappa shape index (κ2) is 5.36. The van der Waals surface area contributed by atoms with Crippen molar-refractivity contribution in [2.75, 3.05) is 5.32 Å². The molecule has 1 aromatic heterocycles. The fourth-order valence-electron chi connectivity index (χ4n) is 2.54. The van der Waals surface area contributed by atoms with Crippen molar-refractivity contribution in [2.45, 2.75) is 19.3 Å². The van der Waals surface area contributed by atoms with Gasteiger partial charge in [-0.2, -0.15) is 0 Å². The number of carbonyl (C=O) groups is 2. The van der Waals surface area contributed by atoms with Gasteiger partial charge in [0, 0.05) is 11.8 Å². The van der Waals surface area contributed by atoms with Gasteiger partial charge in [0.25, 0.3) is 5.91 Å². The van der Waals surface area contributed by atoms with E-state index in [1.165, 1.54) is 29.6 Å². The first-order valence-corrected chi connectivity index (χ1v) is 6.75. The molecule has 0 spiro atoms. The summed E-state index contributed by atoms with van der Waals surface area (Å²) < 4.78 is 0. The van der Waals surface area contributed by atoms with Crippen LogP contribution in [0.4, 0.5) is 5.69 Å². The third-order valence-corrected chi connectivity index (χ3v) is 3.60. The third kappa shape index (κ3) is 2.76. The summed E-state index contributed by atoms with van der Waals surface area (Å²) in [6, 6.07) is 7.09. The van der Waals surface area contributed by atoms with Crippen LogP contribution in [0.3, 0.4) is 0 Å². The molecule has 0 atom stereocenters. The van der Waals surface area contributed by atoms with Crippen LogP contribution in [0.5, 0.6) is 0 Å². The highest BCUT2D eigenvalue weighted by atomic mass is 16.4. The van der Waals surface area contributed by atoms with Crippen molar-refractivity contribution in [3.63, 3.8) is 0 Å². The average Bonchev–Trinajstić information content (AvgIpc) is 2.94. The summed E-state index contributed by atoms with van der Waals surface area (Å²) in [7, 11) is 0. The van der Waals surface area contributed by atoms with Crippen LogP contribution in [-0.4, -0.2) is 22.0 Å². The van der Waals surface area contributed by atoms with Crippen LogP contribution in [0.25, 0.3) is 0 Å². The number of benzene rings is 1. The molecule has 0 saturated heterocycles. The predicted octanol–water partition coefficient (Wildman–Crippen LogP) is 2.52. The maximum absolute atomic E-state index is 12.2. The zero-order valence-corrected chi connectivity index (χ0v) is 11.3. The number of hydrogen-bond donors (Lipinski definition) is 2. The summed E-state index contributed by atoms with van der Waals surface area (Å²) in [6.07, 6.45) is 5.88. The van der Waals surface area contributed by atoms with Crippen molar-refractivity contribution >= 4 is 17.6 Å². The first kappa shape index (κ1) is 13.3. The summed E-state index contributed by atoms with van der Waals surface area (Å²) in [5.41, 5.74) is 3.53. The molecule has 5 heteroatoms. The molecule has 2 aromatic rings. The van der Waals surface area contributed by atoms with Crippen molar-refractivity contribution in [3.05, 3.63) is 58.9 Å². The highest BCUT2D eigenvalue weighted by Gasteiger charge is 2.14. The van der Waals surface area contributed by atoms with E-state index in [0.29, 0.717) is 11.3 Å². The first-order valence-electron chi connectivity index (χ1n) is 6.75. The molecular weight excluding hydrogens is 268 g/mol. The number of aromatic nitrogens is 1. The molecule has 1 aromatic carbocycles. The molecule has 5 nitrogen and oxygen atoms in total. The minimum atomic E-state index is -1.07. The Morgan fingerprint density at radius 1 is 1.05 bits per heavy atom. The Bertz CT molecular complexity index is 725. The van der Waals surface area contributed by atoms with E-state index in [2.05, 4.69) is 10.3 Å². The molecule has 0 saturated carbocycles. The van der Waals surface area contributed by atoms with Crippen LogP contribution >= 0.6 is 0 Å². The summed E-state index contributed by atoms with van der Waals surface area (Å²) in [6.45, 7) is 0. The zero-order valence-electron chi connectivity index (χ0n) is 11.3. The number of nitrogens with one attached hydrogen (secondary N) is 1. The number of nitrogens with zero attached hydrogens (tertiary/aromatic N) is 1. The summed E-state index contributed by atoms with van der Waals surface area (Å²) >= 11 is 0. The molecule has 3 rings (SSSR count). The lowest BCUT2D eigenvalue weighted by molar-refractivity contribution is 0.0696. The quantitative estimate of drug-likeness (QED) is 0.906. The lowest BCUT2D eigenvalue weighted by Crippen LogP contribution is -2.13. The Hall–Kier alpha value is -2.69. The Balaban J connectivity index is 1.80. The smallest absolute Gasteiger partial charge is 0.337 e. The molecular formula is C16H14N2O3. The number of anilines is 1. The van der Waals surface area contributed by atoms with Crippen LogP contribution in [0.1, 0.15) is 38.3 Å². The number of rotatable bonds is 3. The molecule has 2 N–H and O–H groups in total. The molecule has 1 amide bonds. The molecule has 21 heavy (non-hydrogen) atoms. The second-order valence-corrected chi connectivity index (χ2v) is 5.06. The van der Waals surface area contributed by atoms with Gasteiger partial charge in [-0.05, 0) is 48.6 Å². The zero-order chi connectivity index (χ0) is 14.8. The molecule has 0 radical (unpaired) electrons. The number of hydrogen-bond acceptors (Lipinski definition) is 3. The molecule has 1 aliphatic carbocycles. The highest BCUT2D eigenvalue weighted by Crippen LogP contribution is 2.23. The molecule has 1 heterocycles. The number of aromatic carboxylic acids is 1. The molecule has 1 aliphatic rings. The standard InChI is InChI=1S/C16H14N2O3/c19-15(12-5-4-10-2-1-3-11(10)6-12)18-14-7-13(16(20)21)8-17-9-14/h4-9H,1-3H2,(H,18,19)(H,20,21). The van der Waals surface area contributed by atoms with E-state index in [1.807, 2.05) is 12.1 Å². The van der Waals surface area contributed by atoms with E-state index in [1.54, 1.807) is 6.07 Å². The average molecular weight is 282 g/mol. The number of fused-ring (bicyclic) bond motifs is 1. The Morgan fingerprint density at radius 3 is 2.67 bits per heavy atom. The number of aryl methyl sites for hydroxylation is 2. The van der Waals surface area contributed by atoms with E-state index >= 15 is 0 Å². The Morgan fingerprint density at radius 2 is 1.86 bits per heavy atom. The number of carboxylic acid groups (broad SMARTS) is 1. The van der Waals surface area contributed by atoms with Crippen LogP contribution < -0.4 is 5.32 Å². The van der Waals surface area contributed by atoms with Crippen LogP contribution in [-0.2, 0) is 12.8 Å². The van der Waals surface area contributed by atoms with Gasteiger partial charge >= 0.3 is 5.97 Å². The highest BCUT2D eigenvalue weighted by molar-refractivity contribution is 6.04. The molecule has 0 fully saturated rings. The summed E-state index contributed by atoms with van der Waals surface area (Å²) in [5, 5.41) is 11.6. The van der Waals surface area contributed by atoms with E-state index in [4.69, 9.17) is 5.11 Å². The van der Waals surface area contributed by atoms with Crippen LogP contribution in [0, 0.1) is 0 Å². The van der Waals surface area contributed by atoms with Gasteiger partial charge in [0.2, 0.25) is 0 Å². The van der Waals surface area contributed by atoms with Gasteiger partial charge in [0.05, 0.1) is 17.4 Å². The number of amides is 1. The van der Waals surface area contributed by atoms with E-state index < -0.39 is 5.97 Å². The topological polar surface area (TPSA) is 79.3 Å². The maximum atomic E-state index is 12.2. The fourth-order valence-corrected chi connectivity index (χ4v) is 2.54. The summed E-state index contributed by atoms with van der Waals surface area (Å²) in [4.78, 5) is 26.9. The molecule has 0 aliphatic heterocycles. The van der Waals surface area contributed by atoms with Crippen molar-refractivity contribution in [1.82, 2.24) is 4.98 Å². The first-order chi connectivity index (χ1) is 10.1.